The molecule has 0 unspecified atom stereocenters. The van der Waals surface area contributed by atoms with Gasteiger partial charge in [-0.2, -0.15) is 0 Å². The fourth-order valence-corrected chi connectivity index (χ4v) is 3.54. The third kappa shape index (κ3) is 7.60. The van der Waals surface area contributed by atoms with Gasteiger partial charge in [-0.05, 0) is 54.8 Å². The monoisotopic (exact) mass is 449 g/mol. The first-order valence-corrected chi connectivity index (χ1v) is 10.6. The van der Waals surface area contributed by atoms with Crippen LogP contribution in [-0.4, -0.2) is 17.3 Å². The lowest BCUT2D eigenvalue weighted by atomic mass is 10.1. The molecule has 2 aromatic carbocycles. The van der Waals surface area contributed by atoms with Gasteiger partial charge in [-0.3, -0.25) is 4.79 Å². The number of alkyl halides is 3. The maximum Gasteiger partial charge on any atom is 0.573 e. The molecule has 5 nitrogen and oxygen atoms in total. The van der Waals surface area contributed by atoms with Crippen LogP contribution in [0.4, 0.5) is 29.7 Å². The van der Waals surface area contributed by atoms with E-state index in [9.17, 15) is 18.0 Å². The van der Waals surface area contributed by atoms with Crippen molar-refractivity contribution < 1.29 is 22.7 Å². The zero-order valence-electron chi connectivity index (χ0n) is 16.8. The molecule has 0 aliphatic carbocycles. The lowest BCUT2D eigenvalue weighted by molar-refractivity contribution is -0.274. The van der Waals surface area contributed by atoms with E-state index in [4.69, 9.17) is 0 Å². The SMILES string of the molecule is CCCCc1ccc(NC(=O)Cc2csc(Nc3ccc(OC(F)(F)F)cc3)n2)cc1. The highest BCUT2D eigenvalue weighted by Crippen LogP contribution is 2.26. The Kier molecular flexibility index (Phi) is 7.51. The lowest BCUT2D eigenvalue weighted by Crippen LogP contribution is -2.16. The number of amides is 1. The number of carbonyl (C=O) groups excluding carboxylic acids is 1. The van der Waals surface area contributed by atoms with Crippen molar-refractivity contribution in [1.82, 2.24) is 4.98 Å². The summed E-state index contributed by atoms with van der Waals surface area (Å²) in [5.74, 6) is -0.472. The fourth-order valence-electron chi connectivity index (χ4n) is 2.81. The zero-order chi connectivity index (χ0) is 22.3. The van der Waals surface area contributed by atoms with E-state index in [1.807, 2.05) is 24.3 Å². The third-order valence-electron chi connectivity index (χ3n) is 4.29. The Morgan fingerprint density at radius 3 is 2.39 bits per heavy atom. The first kappa shape index (κ1) is 22.6. The Labute approximate surface area is 182 Å². The van der Waals surface area contributed by atoms with Crippen molar-refractivity contribution in [3.8, 4) is 5.75 Å². The van der Waals surface area contributed by atoms with Crippen LogP contribution in [0.25, 0.3) is 0 Å². The van der Waals surface area contributed by atoms with Gasteiger partial charge in [-0.1, -0.05) is 25.5 Å². The van der Waals surface area contributed by atoms with Crippen LogP contribution in [0.15, 0.2) is 53.9 Å². The predicted octanol–water partition coefficient (Wildman–Crippen LogP) is 6.31. The Bertz CT molecular complexity index is 986. The summed E-state index contributed by atoms with van der Waals surface area (Å²) in [4.78, 5) is 16.6. The average Bonchev–Trinajstić information content (AvgIpc) is 3.14. The standard InChI is InChI=1S/C22H22F3N3O2S/c1-2-3-4-15-5-7-16(8-6-15)26-20(29)13-18-14-31-21(28-18)27-17-9-11-19(12-10-17)30-22(23,24)25/h5-12,14H,2-4,13H2,1H3,(H,26,29)(H,27,28). The molecule has 3 aromatic rings. The zero-order valence-corrected chi connectivity index (χ0v) is 17.6. The van der Waals surface area contributed by atoms with E-state index in [1.54, 1.807) is 5.38 Å². The summed E-state index contributed by atoms with van der Waals surface area (Å²) >= 11 is 1.30. The van der Waals surface area contributed by atoms with Gasteiger partial charge in [0.2, 0.25) is 5.91 Å². The predicted molar refractivity (Wildman–Crippen MR) is 116 cm³/mol. The molecular weight excluding hydrogens is 427 g/mol. The molecule has 0 aliphatic rings. The number of rotatable bonds is 9. The number of halogens is 3. The first-order valence-electron chi connectivity index (χ1n) is 9.77. The average molecular weight is 449 g/mol. The quantitative estimate of drug-likeness (QED) is 0.402. The van der Waals surface area contributed by atoms with Crippen LogP contribution in [0, 0.1) is 0 Å². The Morgan fingerprint density at radius 1 is 1.06 bits per heavy atom. The van der Waals surface area contributed by atoms with Crippen molar-refractivity contribution in [2.45, 2.75) is 39.0 Å². The largest absolute Gasteiger partial charge is 0.573 e. The summed E-state index contributed by atoms with van der Waals surface area (Å²) < 4.78 is 40.5. The van der Waals surface area contributed by atoms with Crippen LogP contribution in [-0.2, 0) is 17.6 Å². The number of carbonyl (C=O) groups is 1. The van der Waals surface area contributed by atoms with Crippen molar-refractivity contribution in [1.29, 1.82) is 0 Å². The second kappa shape index (κ2) is 10.3. The van der Waals surface area contributed by atoms with Crippen molar-refractivity contribution in [3.63, 3.8) is 0 Å². The van der Waals surface area contributed by atoms with E-state index in [0.717, 1.165) is 24.9 Å². The minimum absolute atomic E-state index is 0.119. The summed E-state index contributed by atoms with van der Waals surface area (Å²) in [7, 11) is 0. The van der Waals surface area contributed by atoms with Gasteiger partial charge < -0.3 is 15.4 Å². The molecule has 164 valence electrons. The second-order valence-corrected chi connectivity index (χ2v) is 7.72. The number of aryl methyl sites for hydroxylation is 1. The lowest BCUT2D eigenvalue weighted by Gasteiger charge is -2.09. The second-order valence-electron chi connectivity index (χ2n) is 6.87. The molecule has 0 spiro atoms. The van der Waals surface area contributed by atoms with Crippen LogP contribution in [0.3, 0.4) is 0 Å². The highest BCUT2D eigenvalue weighted by atomic mass is 32.1. The minimum Gasteiger partial charge on any atom is -0.406 e. The molecule has 0 fully saturated rings. The van der Waals surface area contributed by atoms with E-state index in [1.165, 1.54) is 41.2 Å². The number of hydrogen-bond donors (Lipinski definition) is 2. The summed E-state index contributed by atoms with van der Waals surface area (Å²) in [6, 6.07) is 13.2. The molecule has 0 aliphatic heterocycles. The molecule has 9 heteroatoms. The molecule has 3 rings (SSSR count). The summed E-state index contributed by atoms with van der Waals surface area (Å²) in [6.45, 7) is 2.15. The van der Waals surface area contributed by atoms with Gasteiger partial charge in [0.05, 0.1) is 12.1 Å². The number of thiazole rings is 1. The molecule has 1 aromatic heterocycles. The topological polar surface area (TPSA) is 63.2 Å². The van der Waals surface area contributed by atoms with Crippen molar-refractivity contribution in [2.24, 2.45) is 0 Å². The van der Waals surface area contributed by atoms with Gasteiger partial charge >= 0.3 is 6.36 Å². The number of nitrogens with one attached hydrogen (secondary N) is 2. The van der Waals surface area contributed by atoms with Gasteiger partial charge in [-0.25, -0.2) is 4.98 Å². The number of hydrogen-bond acceptors (Lipinski definition) is 5. The Morgan fingerprint density at radius 2 is 1.74 bits per heavy atom. The molecule has 0 radical (unpaired) electrons. The molecule has 0 saturated carbocycles. The molecule has 1 heterocycles. The third-order valence-corrected chi connectivity index (χ3v) is 5.10. The molecule has 0 atom stereocenters. The highest BCUT2D eigenvalue weighted by Gasteiger charge is 2.30. The first-order chi connectivity index (χ1) is 14.8. The van der Waals surface area contributed by atoms with E-state index in [-0.39, 0.29) is 18.1 Å². The van der Waals surface area contributed by atoms with Crippen LogP contribution in [0.5, 0.6) is 5.75 Å². The van der Waals surface area contributed by atoms with E-state index in [2.05, 4.69) is 27.3 Å². The van der Waals surface area contributed by atoms with Crippen LogP contribution in [0.2, 0.25) is 0 Å². The summed E-state index contributed by atoms with van der Waals surface area (Å²) in [5.41, 5.74) is 3.14. The van der Waals surface area contributed by atoms with Gasteiger partial charge in [0, 0.05) is 16.8 Å². The van der Waals surface area contributed by atoms with Crippen LogP contribution >= 0.6 is 11.3 Å². The summed E-state index contributed by atoms with van der Waals surface area (Å²) in [6.07, 6.45) is -1.31. The molecule has 0 saturated heterocycles. The minimum atomic E-state index is -4.73. The smallest absolute Gasteiger partial charge is 0.406 e. The number of ether oxygens (including phenoxy) is 1. The number of nitrogens with zero attached hydrogens (tertiary/aromatic N) is 1. The number of benzene rings is 2. The van der Waals surface area contributed by atoms with Gasteiger partial charge in [0.15, 0.2) is 5.13 Å². The number of aromatic nitrogens is 1. The number of unbranched alkanes of at least 4 members (excludes halogenated alkanes) is 1. The van der Waals surface area contributed by atoms with Gasteiger partial charge in [0.25, 0.3) is 0 Å². The molecule has 0 bridgehead atoms. The van der Waals surface area contributed by atoms with E-state index >= 15 is 0 Å². The fraction of sp³-hybridized carbons (Fsp3) is 0.273. The maximum atomic E-state index is 12.3. The number of anilines is 3. The van der Waals surface area contributed by atoms with Crippen molar-refractivity contribution >= 4 is 33.8 Å². The van der Waals surface area contributed by atoms with E-state index < -0.39 is 6.36 Å². The van der Waals surface area contributed by atoms with Crippen LogP contribution in [0.1, 0.15) is 31.0 Å². The molecular formula is C22H22F3N3O2S. The molecule has 2 N–H and O–H groups in total. The van der Waals surface area contributed by atoms with Crippen molar-refractivity contribution in [3.05, 3.63) is 65.2 Å². The van der Waals surface area contributed by atoms with Gasteiger partial charge in [-0.15, -0.1) is 24.5 Å². The normalized spacial score (nSPS) is 11.2. The highest BCUT2D eigenvalue weighted by molar-refractivity contribution is 7.13. The van der Waals surface area contributed by atoms with Crippen molar-refractivity contribution in [2.75, 3.05) is 10.6 Å². The van der Waals surface area contributed by atoms with E-state index in [0.29, 0.717) is 16.5 Å². The van der Waals surface area contributed by atoms with Gasteiger partial charge in [0.1, 0.15) is 5.75 Å². The maximum absolute atomic E-state index is 12.3. The van der Waals surface area contributed by atoms with Crippen LogP contribution < -0.4 is 15.4 Å². The summed E-state index contributed by atoms with van der Waals surface area (Å²) in [5, 5.41) is 8.15. The molecule has 1 amide bonds. The Balaban J connectivity index is 1.50. The Hall–Kier alpha value is -3.07. The molecule has 31 heavy (non-hydrogen) atoms.